The van der Waals surface area contributed by atoms with Gasteiger partial charge in [0.25, 0.3) is 0 Å². The molecule has 0 unspecified atom stereocenters. The van der Waals surface area contributed by atoms with E-state index in [4.69, 9.17) is 0 Å². The Morgan fingerprint density at radius 1 is 1.15 bits per heavy atom. The molecular formula is C23H25F3N2O5. The van der Waals surface area contributed by atoms with Gasteiger partial charge in [-0.25, -0.2) is 4.79 Å². The number of aliphatic hydroxyl groups is 1. The van der Waals surface area contributed by atoms with Gasteiger partial charge in [0.2, 0.25) is 5.91 Å². The summed E-state index contributed by atoms with van der Waals surface area (Å²) in [5.41, 5.74) is 0.252. The largest absolute Gasteiger partial charge is 0.573 e. The molecule has 0 radical (unpaired) electrons. The third-order valence-electron chi connectivity index (χ3n) is 5.80. The van der Waals surface area contributed by atoms with Crippen LogP contribution in [0.2, 0.25) is 0 Å². The highest BCUT2D eigenvalue weighted by atomic mass is 19.4. The molecular weight excluding hydrogens is 441 g/mol. The van der Waals surface area contributed by atoms with Crippen molar-refractivity contribution in [2.75, 3.05) is 19.6 Å². The second-order valence-electron chi connectivity index (χ2n) is 8.09. The molecule has 33 heavy (non-hydrogen) atoms. The number of aliphatic hydroxyl groups excluding tert-OH is 1. The molecule has 2 aromatic carbocycles. The van der Waals surface area contributed by atoms with E-state index >= 15 is 0 Å². The van der Waals surface area contributed by atoms with E-state index in [0.29, 0.717) is 24.2 Å². The SMILES string of the molecule is C[C@@]1(c2ccc(OC(F)(F)F)cc2)CNCCN1C(=O)[C@@H](Cc1ccccc1)[C@H](O)C(=O)O. The molecule has 1 fully saturated rings. The first-order valence-electron chi connectivity index (χ1n) is 10.3. The zero-order valence-corrected chi connectivity index (χ0v) is 17.9. The van der Waals surface area contributed by atoms with Crippen LogP contribution in [0.5, 0.6) is 5.75 Å². The standard InChI is InChI=1S/C23H25F3N2O5/c1-22(16-7-9-17(10-8-16)33-23(24,25)26)14-27-11-12-28(22)20(30)18(19(29)21(31)32)13-15-5-3-2-4-6-15/h2-10,18-19,27,29H,11-14H2,1H3,(H,31,32)/t18-,19-,22-/m0/s1. The van der Waals surface area contributed by atoms with Crippen LogP contribution in [0.15, 0.2) is 54.6 Å². The lowest BCUT2D eigenvalue weighted by molar-refractivity contribution is -0.274. The van der Waals surface area contributed by atoms with Gasteiger partial charge in [-0.05, 0) is 36.6 Å². The number of hydrogen-bond acceptors (Lipinski definition) is 5. The average Bonchev–Trinajstić information content (AvgIpc) is 2.77. The lowest BCUT2D eigenvalue weighted by atomic mass is 9.85. The van der Waals surface area contributed by atoms with E-state index in [9.17, 15) is 33.0 Å². The molecule has 3 N–H and O–H groups in total. The molecule has 1 heterocycles. The van der Waals surface area contributed by atoms with Crippen LogP contribution in [0.3, 0.4) is 0 Å². The number of nitrogens with one attached hydrogen (secondary N) is 1. The molecule has 1 amide bonds. The monoisotopic (exact) mass is 466 g/mol. The summed E-state index contributed by atoms with van der Waals surface area (Å²) < 4.78 is 41.4. The summed E-state index contributed by atoms with van der Waals surface area (Å²) in [6.45, 7) is 2.70. The fraction of sp³-hybridized carbons (Fsp3) is 0.391. The zero-order chi connectivity index (χ0) is 24.2. The third kappa shape index (κ3) is 5.82. The van der Waals surface area contributed by atoms with Crippen LogP contribution in [-0.2, 0) is 21.5 Å². The minimum absolute atomic E-state index is 0.0194. The quantitative estimate of drug-likeness (QED) is 0.580. The van der Waals surface area contributed by atoms with Crippen LogP contribution in [0.1, 0.15) is 18.1 Å². The molecule has 0 saturated carbocycles. The maximum Gasteiger partial charge on any atom is 0.573 e. The van der Waals surface area contributed by atoms with Gasteiger partial charge in [0.1, 0.15) is 5.75 Å². The fourth-order valence-electron chi connectivity index (χ4n) is 4.07. The normalized spacial score (nSPS) is 20.7. The van der Waals surface area contributed by atoms with E-state index in [-0.39, 0.29) is 18.7 Å². The fourth-order valence-corrected chi connectivity index (χ4v) is 4.07. The van der Waals surface area contributed by atoms with Gasteiger partial charge in [-0.3, -0.25) is 4.79 Å². The number of amides is 1. The molecule has 3 atom stereocenters. The predicted octanol–water partition coefficient (Wildman–Crippen LogP) is 2.54. The van der Waals surface area contributed by atoms with Crippen molar-refractivity contribution < 1.29 is 37.7 Å². The van der Waals surface area contributed by atoms with Crippen molar-refractivity contribution in [2.45, 2.75) is 31.3 Å². The molecule has 0 spiro atoms. The van der Waals surface area contributed by atoms with Crippen LogP contribution >= 0.6 is 0 Å². The summed E-state index contributed by atoms with van der Waals surface area (Å²) in [6, 6.07) is 14.0. The van der Waals surface area contributed by atoms with Gasteiger partial charge in [0.15, 0.2) is 6.10 Å². The van der Waals surface area contributed by atoms with Crippen molar-refractivity contribution in [3.05, 3.63) is 65.7 Å². The summed E-state index contributed by atoms with van der Waals surface area (Å²) >= 11 is 0. The number of hydrogen-bond donors (Lipinski definition) is 3. The van der Waals surface area contributed by atoms with Crippen molar-refractivity contribution >= 4 is 11.9 Å². The molecule has 3 rings (SSSR count). The van der Waals surface area contributed by atoms with Crippen molar-refractivity contribution in [3.8, 4) is 5.75 Å². The van der Waals surface area contributed by atoms with E-state index in [2.05, 4.69) is 10.1 Å². The maximum absolute atomic E-state index is 13.6. The van der Waals surface area contributed by atoms with Gasteiger partial charge in [-0.1, -0.05) is 42.5 Å². The van der Waals surface area contributed by atoms with E-state index < -0.39 is 35.8 Å². The predicted molar refractivity (Wildman–Crippen MR) is 112 cm³/mol. The highest BCUT2D eigenvalue weighted by Gasteiger charge is 2.44. The molecule has 178 valence electrons. The number of carboxylic acids is 1. The number of carbonyl (C=O) groups excluding carboxylic acids is 1. The number of alkyl halides is 3. The Hall–Kier alpha value is -3.11. The Morgan fingerprint density at radius 2 is 1.79 bits per heavy atom. The summed E-state index contributed by atoms with van der Waals surface area (Å²) in [7, 11) is 0. The van der Waals surface area contributed by atoms with E-state index in [1.165, 1.54) is 29.2 Å². The number of aliphatic carboxylic acids is 1. The summed E-state index contributed by atoms with van der Waals surface area (Å²) in [4.78, 5) is 26.6. The lowest BCUT2D eigenvalue weighted by Crippen LogP contribution is -2.61. The Bertz CT molecular complexity index is 968. The van der Waals surface area contributed by atoms with Gasteiger partial charge >= 0.3 is 12.3 Å². The smallest absolute Gasteiger partial charge is 0.479 e. The number of carbonyl (C=O) groups is 2. The number of rotatable bonds is 7. The van der Waals surface area contributed by atoms with Crippen LogP contribution < -0.4 is 10.1 Å². The molecule has 0 aromatic heterocycles. The van der Waals surface area contributed by atoms with Gasteiger partial charge in [-0.2, -0.15) is 0 Å². The summed E-state index contributed by atoms with van der Waals surface area (Å²) in [5, 5.41) is 22.9. The lowest BCUT2D eigenvalue weighted by Gasteiger charge is -2.47. The van der Waals surface area contributed by atoms with Crippen LogP contribution in [0.4, 0.5) is 13.2 Å². The van der Waals surface area contributed by atoms with E-state index in [1.807, 2.05) is 0 Å². The number of piperazine rings is 1. The van der Waals surface area contributed by atoms with E-state index in [0.717, 1.165) is 0 Å². The minimum Gasteiger partial charge on any atom is -0.479 e. The number of nitrogens with zero attached hydrogens (tertiary/aromatic N) is 1. The maximum atomic E-state index is 13.6. The first kappa shape index (κ1) is 24.5. The average molecular weight is 466 g/mol. The molecule has 7 nitrogen and oxygen atoms in total. The second-order valence-corrected chi connectivity index (χ2v) is 8.09. The minimum atomic E-state index is -4.82. The number of ether oxygens (including phenoxy) is 1. The third-order valence-corrected chi connectivity index (χ3v) is 5.80. The van der Waals surface area contributed by atoms with Crippen molar-refractivity contribution in [1.82, 2.24) is 10.2 Å². The summed E-state index contributed by atoms with van der Waals surface area (Å²) in [6.07, 6.45) is -6.72. The Kier molecular flexibility index (Phi) is 7.28. The number of halogens is 3. The van der Waals surface area contributed by atoms with E-state index in [1.54, 1.807) is 37.3 Å². The molecule has 1 aliphatic heterocycles. The van der Waals surface area contributed by atoms with Crippen LogP contribution in [-0.4, -0.2) is 59.1 Å². The summed E-state index contributed by atoms with van der Waals surface area (Å²) in [5.74, 6) is -3.68. The van der Waals surface area contributed by atoms with Crippen molar-refractivity contribution in [3.63, 3.8) is 0 Å². The van der Waals surface area contributed by atoms with Crippen LogP contribution in [0, 0.1) is 5.92 Å². The topological polar surface area (TPSA) is 99.1 Å². The molecule has 1 saturated heterocycles. The van der Waals surface area contributed by atoms with Crippen molar-refractivity contribution in [2.24, 2.45) is 5.92 Å². The van der Waals surface area contributed by atoms with Gasteiger partial charge in [-0.15, -0.1) is 13.2 Å². The molecule has 2 aromatic rings. The van der Waals surface area contributed by atoms with Gasteiger partial charge in [0.05, 0.1) is 11.5 Å². The molecule has 0 bridgehead atoms. The zero-order valence-electron chi connectivity index (χ0n) is 17.9. The highest BCUT2D eigenvalue weighted by molar-refractivity contribution is 5.87. The second kappa shape index (κ2) is 9.80. The molecule has 1 aliphatic rings. The number of benzene rings is 2. The molecule has 10 heteroatoms. The van der Waals surface area contributed by atoms with Crippen molar-refractivity contribution in [1.29, 1.82) is 0 Å². The first-order chi connectivity index (χ1) is 15.5. The highest BCUT2D eigenvalue weighted by Crippen LogP contribution is 2.34. The van der Waals surface area contributed by atoms with Gasteiger partial charge < -0.3 is 25.2 Å². The Balaban J connectivity index is 1.91. The Morgan fingerprint density at radius 3 is 2.36 bits per heavy atom. The van der Waals surface area contributed by atoms with Crippen LogP contribution in [0.25, 0.3) is 0 Å². The van der Waals surface area contributed by atoms with Gasteiger partial charge in [0, 0.05) is 19.6 Å². The first-order valence-corrected chi connectivity index (χ1v) is 10.3. The molecule has 0 aliphatic carbocycles. The number of carboxylic acid groups (broad SMARTS) is 1. The Labute approximate surface area is 188 Å².